The minimum absolute atomic E-state index is 0.0673. The van der Waals surface area contributed by atoms with Gasteiger partial charge in [0.25, 0.3) is 5.91 Å². The fourth-order valence-electron chi connectivity index (χ4n) is 2.87. The number of halogens is 2. The van der Waals surface area contributed by atoms with Gasteiger partial charge in [-0.1, -0.05) is 6.07 Å². The lowest BCUT2D eigenvalue weighted by molar-refractivity contribution is -0.122. The average Bonchev–Trinajstić information content (AvgIpc) is 2.57. The van der Waals surface area contributed by atoms with Crippen LogP contribution in [0.4, 0.5) is 14.5 Å². The predicted molar refractivity (Wildman–Crippen MR) is 88.2 cm³/mol. The molecule has 1 atom stereocenters. The molecule has 0 spiro atoms. The lowest BCUT2D eigenvalue weighted by Gasteiger charge is -2.19. The number of carbonyl (C=O) groups is 1. The topological polar surface area (TPSA) is 38.3 Å². The molecule has 0 unspecified atom stereocenters. The minimum atomic E-state index is -0.815. The zero-order chi connectivity index (χ0) is 17.1. The molecule has 2 aromatic carbocycles. The van der Waals surface area contributed by atoms with Crippen molar-refractivity contribution < 1.29 is 18.3 Å². The second-order valence-electron chi connectivity index (χ2n) is 6.01. The van der Waals surface area contributed by atoms with E-state index < -0.39 is 23.6 Å². The Bertz CT molecular complexity index is 761. The van der Waals surface area contributed by atoms with E-state index in [9.17, 15) is 13.6 Å². The molecule has 1 aliphatic carbocycles. The summed E-state index contributed by atoms with van der Waals surface area (Å²) in [6.45, 7) is 1.59. The molecule has 3 rings (SSSR count). The van der Waals surface area contributed by atoms with Crippen molar-refractivity contribution in [3.8, 4) is 5.75 Å². The largest absolute Gasteiger partial charge is 0.481 e. The Morgan fingerprint density at radius 2 is 1.83 bits per heavy atom. The molecular weight excluding hydrogens is 312 g/mol. The normalized spacial score (nSPS) is 14.6. The molecule has 2 aromatic rings. The van der Waals surface area contributed by atoms with Gasteiger partial charge in [0.1, 0.15) is 17.4 Å². The number of fused-ring (bicyclic) bond motifs is 1. The van der Waals surface area contributed by atoms with Crippen molar-refractivity contribution in [3.63, 3.8) is 0 Å². The Hall–Kier alpha value is -2.43. The van der Waals surface area contributed by atoms with E-state index in [2.05, 4.69) is 5.32 Å². The molecule has 5 heteroatoms. The Morgan fingerprint density at radius 1 is 1.08 bits per heavy atom. The summed E-state index contributed by atoms with van der Waals surface area (Å²) in [5, 5.41) is 2.41. The van der Waals surface area contributed by atoms with Gasteiger partial charge in [-0.2, -0.15) is 0 Å². The van der Waals surface area contributed by atoms with Crippen LogP contribution in [0.3, 0.4) is 0 Å². The first-order valence-corrected chi connectivity index (χ1v) is 8.07. The van der Waals surface area contributed by atoms with Gasteiger partial charge in [0.05, 0.1) is 5.69 Å². The van der Waals surface area contributed by atoms with Crippen molar-refractivity contribution in [3.05, 3.63) is 59.2 Å². The highest BCUT2D eigenvalue weighted by Gasteiger charge is 2.18. The van der Waals surface area contributed by atoms with Gasteiger partial charge in [-0.25, -0.2) is 8.78 Å². The number of nitrogens with one attached hydrogen (secondary N) is 1. The van der Waals surface area contributed by atoms with Gasteiger partial charge >= 0.3 is 0 Å². The van der Waals surface area contributed by atoms with Gasteiger partial charge < -0.3 is 10.1 Å². The van der Waals surface area contributed by atoms with Crippen molar-refractivity contribution in [2.75, 3.05) is 5.32 Å². The molecule has 0 saturated carbocycles. The number of hydrogen-bond donors (Lipinski definition) is 1. The average molecular weight is 331 g/mol. The van der Waals surface area contributed by atoms with Crippen LogP contribution >= 0.6 is 0 Å². The minimum Gasteiger partial charge on any atom is -0.481 e. The number of carbonyl (C=O) groups excluding carboxylic acids is 1. The third-order valence-corrected chi connectivity index (χ3v) is 4.19. The van der Waals surface area contributed by atoms with E-state index in [1.54, 1.807) is 6.92 Å². The molecule has 0 radical (unpaired) electrons. The lowest BCUT2D eigenvalue weighted by Crippen LogP contribution is -2.30. The summed E-state index contributed by atoms with van der Waals surface area (Å²) in [4.78, 5) is 12.1. The Labute approximate surface area is 139 Å². The number of anilines is 1. The summed E-state index contributed by atoms with van der Waals surface area (Å²) in [5.41, 5.74) is 2.53. The van der Waals surface area contributed by atoms with Gasteiger partial charge in [0.15, 0.2) is 6.10 Å². The molecule has 0 heterocycles. The fourth-order valence-corrected chi connectivity index (χ4v) is 2.87. The lowest BCUT2D eigenvalue weighted by atomic mass is 9.92. The van der Waals surface area contributed by atoms with Gasteiger partial charge in [0.2, 0.25) is 0 Å². The van der Waals surface area contributed by atoms with Crippen LogP contribution in [-0.2, 0) is 17.6 Å². The van der Waals surface area contributed by atoms with E-state index in [1.807, 2.05) is 18.2 Å². The number of ether oxygens (including phenoxy) is 1. The molecule has 0 saturated heterocycles. The van der Waals surface area contributed by atoms with Crippen LogP contribution in [0.15, 0.2) is 36.4 Å². The fraction of sp³-hybridized carbons (Fsp3) is 0.316. The molecule has 0 fully saturated rings. The summed E-state index contributed by atoms with van der Waals surface area (Å²) in [5.74, 6) is -1.37. The van der Waals surface area contributed by atoms with E-state index in [0.717, 1.165) is 31.4 Å². The first-order valence-electron chi connectivity index (χ1n) is 8.07. The maximum absolute atomic E-state index is 13.6. The smallest absolute Gasteiger partial charge is 0.265 e. The molecule has 0 aromatic heterocycles. The Balaban J connectivity index is 1.65. The SMILES string of the molecule is C[C@H](Oc1ccc2c(c1)CCCC2)C(=O)Nc1ccc(F)cc1F. The summed E-state index contributed by atoms with van der Waals surface area (Å²) in [6, 6.07) is 8.86. The van der Waals surface area contributed by atoms with E-state index in [1.165, 1.54) is 23.6 Å². The van der Waals surface area contributed by atoms with E-state index in [4.69, 9.17) is 4.74 Å². The van der Waals surface area contributed by atoms with Crippen LogP contribution in [0.2, 0.25) is 0 Å². The van der Waals surface area contributed by atoms with Crippen LogP contribution in [0, 0.1) is 11.6 Å². The standard InChI is InChI=1S/C19H19F2NO2/c1-12(19(23)22-18-9-7-15(20)11-17(18)21)24-16-8-6-13-4-2-3-5-14(13)10-16/h6-12H,2-5H2,1H3,(H,22,23)/t12-/m0/s1. The van der Waals surface area contributed by atoms with E-state index in [-0.39, 0.29) is 5.69 Å². The molecule has 0 aliphatic heterocycles. The molecule has 126 valence electrons. The Morgan fingerprint density at radius 3 is 2.58 bits per heavy atom. The first-order chi connectivity index (χ1) is 11.5. The third-order valence-electron chi connectivity index (χ3n) is 4.19. The van der Waals surface area contributed by atoms with Crippen molar-refractivity contribution in [2.24, 2.45) is 0 Å². The van der Waals surface area contributed by atoms with Gasteiger partial charge in [0, 0.05) is 6.07 Å². The monoisotopic (exact) mass is 331 g/mol. The number of aryl methyl sites for hydroxylation is 2. The maximum Gasteiger partial charge on any atom is 0.265 e. The Kier molecular flexibility index (Phi) is 4.79. The molecule has 1 amide bonds. The second-order valence-corrected chi connectivity index (χ2v) is 6.01. The quantitative estimate of drug-likeness (QED) is 0.909. The van der Waals surface area contributed by atoms with Crippen molar-refractivity contribution in [1.82, 2.24) is 0 Å². The molecule has 1 aliphatic rings. The molecule has 0 bridgehead atoms. The first kappa shape index (κ1) is 16.4. The van der Waals surface area contributed by atoms with Gasteiger partial charge in [-0.3, -0.25) is 4.79 Å². The number of rotatable bonds is 4. The zero-order valence-corrected chi connectivity index (χ0v) is 13.4. The van der Waals surface area contributed by atoms with E-state index >= 15 is 0 Å². The van der Waals surface area contributed by atoms with Crippen molar-refractivity contribution >= 4 is 11.6 Å². The van der Waals surface area contributed by atoms with E-state index in [0.29, 0.717) is 5.75 Å². The van der Waals surface area contributed by atoms with Crippen LogP contribution in [0.1, 0.15) is 30.9 Å². The number of benzene rings is 2. The highest BCUT2D eigenvalue weighted by molar-refractivity contribution is 5.94. The van der Waals surface area contributed by atoms with Crippen molar-refractivity contribution in [1.29, 1.82) is 0 Å². The molecule has 24 heavy (non-hydrogen) atoms. The molecule has 1 N–H and O–H groups in total. The van der Waals surface area contributed by atoms with Crippen LogP contribution in [0.5, 0.6) is 5.75 Å². The van der Waals surface area contributed by atoms with Gasteiger partial charge in [-0.05, 0) is 68.0 Å². The second kappa shape index (κ2) is 6.99. The summed E-state index contributed by atoms with van der Waals surface area (Å²) >= 11 is 0. The number of amides is 1. The number of hydrogen-bond acceptors (Lipinski definition) is 2. The molecular formula is C19H19F2NO2. The maximum atomic E-state index is 13.6. The third kappa shape index (κ3) is 3.72. The van der Waals surface area contributed by atoms with Crippen LogP contribution in [0.25, 0.3) is 0 Å². The van der Waals surface area contributed by atoms with Crippen molar-refractivity contribution in [2.45, 2.75) is 38.7 Å². The highest BCUT2D eigenvalue weighted by Crippen LogP contribution is 2.26. The summed E-state index contributed by atoms with van der Waals surface area (Å²) in [7, 11) is 0. The zero-order valence-electron chi connectivity index (χ0n) is 13.4. The van der Waals surface area contributed by atoms with Crippen LogP contribution in [-0.4, -0.2) is 12.0 Å². The van der Waals surface area contributed by atoms with Crippen LogP contribution < -0.4 is 10.1 Å². The summed E-state index contributed by atoms with van der Waals surface area (Å²) < 4.78 is 32.2. The summed E-state index contributed by atoms with van der Waals surface area (Å²) in [6.07, 6.45) is 3.67. The molecule has 3 nitrogen and oxygen atoms in total. The van der Waals surface area contributed by atoms with Gasteiger partial charge in [-0.15, -0.1) is 0 Å². The highest BCUT2D eigenvalue weighted by atomic mass is 19.1. The predicted octanol–water partition coefficient (Wildman–Crippen LogP) is 4.25.